The number of benzene rings is 1. The molecule has 1 aliphatic carbocycles. The topological polar surface area (TPSA) is 72.2 Å². The molecule has 0 unspecified atom stereocenters. The van der Waals surface area contributed by atoms with Crippen molar-refractivity contribution in [2.24, 2.45) is 0 Å². The Morgan fingerprint density at radius 3 is 2.47 bits per heavy atom. The zero-order valence-corrected chi connectivity index (χ0v) is 13.1. The summed E-state index contributed by atoms with van der Waals surface area (Å²) in [5.41, 5.74) is 8.19. The Morgan fingerprint density at radius 2 is 2.00 bits per heavy atom. The Morgan fingerprint density at radius 1 is 1.37 bits per heavy atom. The summed E-state index contributed by atoms with van der Waals surface area (Å²) in [7, 11) is -3.47. The van der Waals surface area contributed by atoms with Crippen LogP contribution in [0.1, 0.15) is 24.0 Å². The molecular weight excluding hydrogens is 280 g/mol. The van der Waals surface area contributed by atoms with Crippen molar-refractivity contribution < 1.29 is 8.42 Å². The third-order valence-electron chi connectivity index (χ3n) is 3.82. The molecule has 1 aliphatic rings. The number of thioether (sulfide) groups is 1. The molecule has 6 heteroatoms. The molecular formula is C13H20N2O2S2. The summed E-state index contributed by atoms with van der Waals surface area (Å²) in [6.07, 6.45) is 4.17. The molecule has 0 spiro atoms. The van der Waals surface area contributed by atoms with Crippen LogP contribution in [0.15, 0.2) is 17.0 Å². The monoisotopic (exact) mass is 300 g/mol. The molecule has 0 saturated heterocycles. The smallest absolute Gasteiger partial charge is 0.240 e. The zero-order chi connectivity index (χ0) is 14.3. The van der Waals surface area contributed by atoms with Gasteiger partial charge < -0.3 is 5.73 Å². The number of hydrogen-bond donors (Lipinski definition) is 2. The second-order valence-electron chi connectivity index (χ2n) is 5.17. The van der Waals surface area contributed by atoms with Gasteiger partial charge in [-0.2, -0.15) is 11.8 Å². The largest absolute Gasteiger partial charge is 0.398 e. The maximum atomic E-state index is 12.3. The van der Waals surface area contributed by atoms with Gasteiger partial charge in [0.2, 0.25) is 10.0 Å². The maximum Gasteiger partial charge on any atom is 0.240 e. The van der Waals surface area contributed by atoms with Gasteiger partial charge in [-0.15, -0.1) is 0 Å². The van der Waals surface area contributed by atoms with E-state index in [4.69, 9.17) is 5.73 Å². The van der Waals surface area contributed by atoms with Crippen molar-refractivity contribution in [2.45, 2.75) is 36.3 Å². The first kappa shape index (κ1) is 14.7. The first-order valence-corrected chi connectivity index (χ1v) is 8.92. The molecule has 1 aromatic rings. The summed E-state index contributed by atoms with van der Waals surface area (Å²) < 4.78 is 27.3. The summed E-state index contributed by atoms with van der Waals surface area (Å²) in [4.78, 5) is 0.255. The molecule has 0 bridgehead atoms. The van der Waals surface area contributed by atoms with Gasteiger partial charge in [-0.05, 0) is 56.2 Å². The van der Waals surface area contributed by atoms with Crippen LogP contribution in [-0.4, -0.2) is 26.0 Å². The highest BCUT2D eigenvalue weighted by atomic mass is 32.2. The Bertz CT molecular complexity index is 570. The van der Waals surface area contributed by atoms with Crippen LogP contribution < -0.4 is 10.5 Å². The van der Waals surface area contributed by atoms with Crippen molar-refractivity contribution in [2.75, 3.05) is 18.5 Å². The molecule has 19 heavy (non-hydrogen) atoms. The van der Waals surface area contributed by atoms with Crippen LogP contribution in [0.2, 0.25) is 0 Å². The van der Waals surface area contributed by atoms with E-state index in [9.17, 15) is 8.42 Å². The van der Waals surface area contributed by atoms with Gasteiger partial charge >= 0.3 is 0 Å². The predicted molar refractivity (Wildman–Crippen MR) is 81.0 cm³/mol. The second-order valence-corrected chi connectivity index (χ2v) is 8.21. The Hall–Kier alpha value is -0.720. The van der Waals surface area contributed by atoms with Crippen molar-refractivity contribution in [3.63, 3.8) is 0 Å². The Balaban J connectivity index is 2.20. The van der Waals surface area contributed by atoms with Gasteiger partial charge in [0.1, 0.15) is 0 Å². The minimum atomic E-state index is -3.47. The molecule has 1 aromatic carbocycles. The van der Waals surface area contributed by atoms with Crippen molar-refractivity contribution in [3.8, 4) is 0 Å². The van der Waals surface area contributed by atoms with Crippen LogP contribution in [0, 0.1) is 13.8 Å². The van der Waals surface area contributed by atoms with E-state index in [1.165, 1.54) is 6.07 Å². The summed E-state index contributed by atoms with van der Waals surface area (Å²) >= 11 is 1.73. The van der Waals surface area contributed by atoms with E-state index < -0.39 is 10.0 Å². The number of nitrogens with one attached hydrogen (secondary N) is 1. The summed E-state index contributed by atoms with van der Waals surface area (Å²) in [5.74, 6) is 0. The lowest BCUT2D eigenvalue weighted by Gasteiger charge is -2.15. The molecule has 0 amide bonds. The van der Waals surface area contributed by atoms with Crippen molar-refractivity contribution in [1.82, 2.24) is 4.72 Å². The SMILES string of the molecule is CSC1(CNS(=O)(=O)c2cc(C)c(C)c(N)c2)CC1. The van der Waals surface area contributed by atoms with Crippen LogP contribution in [0.4, 0.5) is 5.69 Å². The predicted octanol–water partition coefficient (Wildman–Crippen LogP) is 2.06. The van der Waals surface area contributed by atoms with Crippen molar-refractivity contribution >= 4 is 27.5 Å². The van der Waals surface area contributed by atoms with Gasteiger partial charge in [-0.3, -0.25) is 0 Å². The van der Waals surface area contributed by atoms with E-state index in [0.29, 0.717) is 12.2 Å². The Labute approximate surface area is 119 Å². The van der Waals surface area contributed by atoms with E-state index in [0.717, 1.165) is 24.0 Å². The number of sulfonamides is 1. The zero-order valence-electron chi connectivity index (χ0n) is 11.5. The summed E-state index contributed by atoms with van der Waals surface area (Å²) in [6.45, 7) is 4.25. The standard InChI is InChI=1S/C13H20N2O2S2/c1-9-6-11(7-12(14)10(9)2)19(16,17)15-8-13(18-3)4-5-13/h6-7,15H,4-5,8,14H2,1-3H3. The van der Waals surface area contributed by atoms with Crippen LogP contribution in [-0.2, 0) is 10.0 Å². The molecule has 106 valence electrons. The fraction of sp³-hybridized carbons (Fsp3) is 0.538. The third-order valence-corrected chi connectivity index (χ3v) is 6.62. The van der Waals surface area contributed by atoms with Crippen molar-refractivity contribution in [1.29, 1.82) is 0 Å². The molecule has 0 atom stereocenters. The average molecular weight is 300 g/mol. The van der Waals surface area contributed by atoms with Gasteiger partial charge in [0, 0.05) is 17.0 Å². The molecule has 0 aromatic heterocycles. The number of anilines is 1. The number of hydrogen-bond acceptors (Lipinski definition) is 4. The Kier molecular flexibility index (Phi) is 3.86. The summed E-state index contributed by atoms with van der Waals surface area (Å²) in [6, 6.07) is 3.20. The van der Waals surface area contributed by atoms with Gasteiger partial charge in [0.25, 0.3) is 0 Å². The average Bonchev–Trinajstić information content (AvgIpc) is 3.14. The molecule has 0 radical (unpaired) electrons. The molecule has 0 heterocycles. The molecule has 1 saturated carbocycles. The second kappa shape index (κ2) is 5.00. The highest BCUT2D eigenvalue weighted by molar-refractivity contribution is 8.00. The molecule has 0 aliphatic heterocycles. The number of aryl methyl sites for hydroxylation is 1. The number of nitrogen functional groups attached to an aromatic ring is 1. The third kappa shape index (κ3) is 3.07. The number of nitrogens with two attached hydrogens (primary N) is 1. The van der Waals surface area contributed by atoms with Gasteiger partial charge in [-0.1, -0.05) is 0 Å². The maximum absolute atomic E-state index is 12.3. The highest BCUT2D eigenvalue weighted by Crippen LogP contribution is 2.46. The van der Waals surface area contributed by atoms with E-state index in [1.807, 2.05) is 20.1 Å². The quantitative estimate of drug-likeness (QED) is 0.817. The highest BCUT2D eigenvalue weighted by Gasteiger charge is 2.42. The van der Waals surface area contributed by atoms with Crippen LogP contribution in [0.5, 0.6) is 0 Å². The minimum Gasteiger partial charge on any atom is -0.398 e. The van der Waals surface area contributed by atoms with Gasteiger partial charge in [0.15, 0.2) is 0 Å². The normalized spacial score (nSPS) is 17.4. The fourth-order valence-electron chi connectivity index (χ4n) is 1.91. The van der Waals surface area contributed by atoms with E-state index in [-0.39, 0.29) is 9.64 Å². The minimum absolute atomic E-state index is 0.109. The molecule has 3 N–H and O–H groups in total. The van der Waals surface area contributed by atoms with E-state index in [1.54, 1.807) is 17.8 Å². The fourth-order valence-corrected chi connectivity index (χ4v) is 3.98. The molecule has 1 fully saturated rings. The number of rotatable bonds is 5. The summed E-state index contributed by atoms with van der Waals surface area (Å²) in [5, 5.41) is 0. The lowest BCUT2D eigenvalue weighted by atomic mass is 10.1. The van der Waals surface area contributed by atoms with Crippen LogP contribution >= 0.6 is 11.8 Å². The first-order chi connectivity index (χ1) is 8.80. The van der Waals surface area contributed by atoms with E-state index >= 15 is 0 Å². The van der Waals surface area contributed by atoms with Gasteiger partial charge in [-0.25, -0.2) is 13.1 Å². The lowest BCUT2D eigenvalue weighted by Crippen LogP contribution is -2.31. The van der Waals surface area contributed by atoms with Crippen LogP contribution in [0.25, 0.3) is 0 Å². The van der Waals surface area contributed by atoms with Crippen LogP contribution in [0.3, 0.4) is 0 Å². The molecule has 2 rings (SSSR count). The lowest BCUT2D eigenvalue weighted by molar-refractivity contribution is 0.579. The first-order valence-electron chi connectivity index (χ1n) is 6.21. The van der Waals surface area contributed by atoms with Gasteiger partial charge in [0.05, 0.1) is 4.90 Å². The molecule has 4 nitrogen and oxygen atoms in total. The van der Waals surface area contributed by atoms with E-state index in [2.05, 4.69) is 4.72 Å². The van der Waals surface area contributed by atoms with Crippen molar-refractivity contribution in [3.05, 3.63) is 23.3 Å².